The number of nitrogens with zero attached hydrogens (tertiary/aromatic N) is 6. The molecule has 0 bridgehead atoms. The number of carbonyl (C=O) groups is 4. The molecule has 0 radical (unpaired) electrons. The highest BCUT2D eigenvalue weighted by Crippen LogP contribution is 2.37. The summed E-state index contributed by atoms with van der Waals surface area (Å²) in [5, 5.41) is 15.5. The highest BCUT2D eigenvalue weighted by Gasteiger charge is 2.47. The van der Waals surface area contributed by atoms with Gasteiger partial charge in [-0.05, 0) is 139 Å². The lowest BCUT2D eigenvalue weighted by Crippen LogP contribution is -2.49. The van der Waals surface area contributed by atoms with Gasteiger partial charge in [-0.1, -0.05) is 34.0 Å². The van der Waals surface area contributed by atoms with Crippen molar-refractivity contribution in [3.05, 3.63) is 117 Å². The minimum absolute atomic E-state index is 0.131. The number of nitrogens with one attached hydrogen (secondary N) is 2. The maximum absolute atomic E-state index is 14.5. The molecular weight excluding hydrogens is 796 g/mol. The lowest BCUT2D eigenvalue weighted by Gasteiger charge is -2.35. The Kier molecular flexibility index (Phi) is 11.4. The van der Waals surface area contributed by atoms with Gasteiger partial charge in [0, 0.05) is 53.3 Å². The van der Waals surface area contributed by atoms with E-state index in [1.807, 2.05) is 26.8 Å². The molecule has 61 heavy (non-hydrogen) atoms. The van der Waals surface area contributed by atoms with Crippen molar-refractivity contribution in [2.45, 2.75) is 90.5 Å². The largest absolute Gasteiger partial charge is 0.381 e. The average Bonchev–Trinajstić information content (AvgIpc) is 3.71. The number of aryl methyl sites for hydroxylation is 3. The zero-order valence-electron chi connectivity index (χ0n) is 35.2. The Morgan fingerprint density at radius 1 is 0.721 bits per heavy atom. The number of amides is 2. The summed E-state index contributed by atoms with van der Waals surface area (Å²) in [6.07, 6.45) is 6.55. The lowest BCUT2D eigenvalue weighted by molar-refractivity contribution is -0.131. The number of ketones is 2. The summed E-state index contributed by atoms with van der Waals surface area (Å²) in [6, 6.07) is 15.3. The number of hydrogen-bond donors (Lipinski definition) is 2. The smallest absolute Gasteiger partial charge is 0.259 e. The van der Waals surface area contributed by atoms with Crippen molar-refractivity contribution in [1.29, 1.82) is 0 Å². The molecule has 15 heteroatoms. The Bertz CT molecular complexity index is 2510. The van der Waals surface area contributed by atoms with Crippen molar-refractivity contribution in [1.82, 2.24) is 20.6 Å². The van der Waals surface area contributed by atoms with Crippen molar-refractivity contribution in [3.8, 4) is 0 Å². The summed E-state index contributed by atoms with van der Waals surface area (Å²) in [4.78, 5) is 80.0. The van der Waals surface area contributed by atoms with Crippen LogP contribution in [-0.2, 0) is 24.9 Å². The number of hydrogen-bond acceptors (Lipinski definition) is 12. The second kappa shape index (κ2) is 16.6. The van der Waals surface area contributed by atoms with Crippen LogP contribution in [0, 0.1) is 20.8 Å². The van der Waals surface area contributed by atoms with Crippen LogP contribution in [0.3, 0.4) is 0 Å². The van der Waals surface area contributed by atoms with Gasteiger partial charge in [0.15, 0.2) is 22.8 Å². The molecule has 4 aliphatic heterocycles. The Balaban J connectivity index is 1.04. The van der Waals surface area contributed by atoms with Crippen LogP contribution in [0.25, 0.3) is 0 Å². The first kappa shape index (κ1) is 41.9. The van der Waals surface area contributed by atoms with Crippen LogP contribution >= 0.6 is 11.6 Å². The van der Waals surface area contributed by atoms with E-state index in [1.165, 1.54) is 0 Å². The summed E-state index contributed by atoms with van der Waals surface area (Å²) >= 11 is 6.57. The number of aromatic nitrogens is 2. The molecule has 2 fully saturated rings. The van der Waals surface area contributed by atoms with E-state index in [0.29, 0.717) is 74.3 Å². The number of benzene rings is 2. The molecule has 8 rings (SSSR count). The summed E-state index contributed by atoms with van der Waals surface area (Å²) in [6.45, 7) is 13.5. The van der Waals surface area contributed by atoms with Crippen molar-refractivity contribution in [2.24, 2.45) is 10.3 Å². The van der Waals surface area contributed by atoms with Crippen LogP contribution in [-0.4, -0.2) is 88.6 Å². The molecule has 2 aromatic carbocycles. The van der Waals surface area contributed by atoms with Gasteiger partial charge in [-0.15, -0.1) is 0 Å². The van der Waals surface area contributed by atoms with Crippen LogP contribution in [0.4, 0.5) is 11.6 Å². The third-order valence-electron chi connectivity index (χ3n) is 12.1. The maximum atomic E-state index is 14.5. The molecule has 2 aromatic heterocycles. The molecule has 6 heterocycles. The molecule has 3 unspecified atom stereocenters. The second-order valence-corrected chi connectivity index (χ2v) is 17.3. The summed E-state index contributed by atoms with van der Waals surface area (Å²) in [5.41, 5.74) is 2.36. The van der Waals surface area contributed by atoms with Gasteiger partial charge in [0.1, 0.15) is 5.82 Å². The molecule has 3 atom stereocenters. The number of Topliss-reactive ketones (excluding diaryl/α,β-unsaturated/α-hetero) is 2. The van der Waals surface area contributed by atoms with Gasteiger partial charge in [0.2, 0.25) is 17.2 Å². The molecular formula is C46H49ClN8O6. The van der Waals surface area contributed by atoms with Crippen LogP contribution in [0.2, 0.25) is 5.02 Å². The average molecular weight is 845 g/mol. The number of halogens is 1. The maximum Gasteiger partial charge on any atom is 0.259 e. The van der Waals surface area contributed by atoms with Crippen LogP contribution in [0.1, 0.15) is 101 Å². The van der Waals surface area contributed by atoms with Gasteiger partial charge in [-0.3, -0.25) is 29.0 Å². The lowest BCUT2D eigenvalue weighted by atomic mass is 9.86. The van der Waals surface area contributed by atoms with E-state index in [2.05, 4.69) is 25.9 Å². The van der Waals surface area contributed by atoms with Gasteiger partial charge in [0.05, 0.1) is 17.1 Å². The SMILES string of the molecule is Cc1cc(C(=O)N(c2ncc(C3(C)ON=C(c4ccc(C(=O)N(c5ncccc5Cl)C5CCCNC5)cc4C)C3=O)cc2C)C2CCCNC2)ccc1C1=NOC(C)(C)C1=O. The summed E-state index contributed by atoms with van der Waals surface area (Å²) in [7, 11) is 0. The highest BCUT2D eigenvalue weighted by molar-refractivity contribution is 6.50. The molecule has 0 spiro atoms. The number of pyridine rings is 2. The molecule has 14 nitrogen and oxygen atoms in total. The van der Waals surface area contributed by atoms with Gasteiger partial charge < -0.3 is 20.3 Å². The van der Waals surface area contributed by atoms with Gasteiger partial charge in [-0.2, -0.15) is 0 Å². The number of anilines is 2. The minimum Gasteiger partial charge on any atom is -0.381 e. The third-order valence-corrected chi connectivity index (χ3v) is 12.4. The predicted octanol–water partition coefficient (Wildman–Crippen LogP) is 6.15. The number of carbonyl (C=O) groups excluding carboxylic acids is 4. The van der Waals surface area contributed by atoms with Crippen molar-refractivity contribution in [2.75, 3.05) is 36.0 Å². The standard InChI is InChI=1S/C46H49ClN8O6/c1-26-20-29(13-15-34(26)37-39(56)45(4,5)60-52-37)43(58)54(32-10-7-17-48-24-32)41-28(3)22-31(23-51-41)46(6)40(57)38(53-61-46)35-16-14-30(21-27(35)2)44(59)55(33-11-8-18-49-25-33)42-36(47)12-9-19-50-42/h9,12-16,19-23,32-33,48-49H,7-8,10-11,17-18,24-25H2,1-6H3. The third kappa shape index (κ3) is 7.72. The molecule has 2 N–H and O–H groups in total. The van der Waals surface area contributed by atoms with Crippen LogP contribution in [0.5, 0.6) is 0 Å². The van der Waals surface area contributed by atoms with E-state index in [1.54, 1.807) is 91.5 Å². The Morgan fingerprint density at radius 2 is 1.28 bits per heavy atom. The van der Waals surface area contributed by atoms with Gasteiger partial charge >= 0.3 is 0 Å². The second-order valence-electron chi connectivity index (χ2n) is 16.8. The quantitative estimate of drug-likeness (QED) is 0.199. The monoisotopic (exact) mass is 844 g/mol. The number of oxime groups is 2. The normalized spacial score (nSPS) is 22.2. The summed E-state index contributed by atoms with van der Waals surface area (Å²) in [5.74, 6) is -0.205. The summed E-state index contributed by atoms with van der Waals surface area (Å²) < 4.78 is 0. The minimum atomic E-state index is -1.50. The molecule has 4 aromatic rings. The topological polar surface area (TPSA) is 168 Å². The Hall–Kier alpha value is -5.83. The zero-order valence-corrected chi connectivity index (χ0v) is 35.9. The van der Waals surface area contributed by atoms with Crippen molar-refractivity contribution >= 4 is 58.0 Å². The fourth-order valence-electron chi connectivity index (χ4n) is 8.52. The van der Waals surface area contributed by atoms with E-state index in [-0.39, 0.29) is 46.9 Å². The van der Waals surface area contributed by atoms with Gasteiger partial charge in [0.25, 0.3) is 11.8 Å². The first-order valence-electron chi connectivity index (χ1n) is 20.7. The number of piperidine rings is 2. The van der Waals surface area contributed by atoms with Crippen molar-refractivity contribution in [3.63, 3.8) is 0 Å². The molecule has 0 saturated carbocycles. The molecule has 2 saturated heterocycles. The van der Waals surface area contributed by atoms with E-state index >= 15 is 0 Å². The van der Waals surface area contributed by atoms with E-state index in [4.69, 9.17) is 26.3 Å². The van der Waals surface area contributed by atoms with Crippen molar-refractivity contribution < 1.29 is 28.9 Å². The zero-order chi connectivity index (χ0) is 43.2. The first-order chi connectivity index (χ1) is 29.2. The van der Waals surface area contributed by atoms with E-state index < -0.39 is 11.2 Å². The molecule has 2 amide bonds. The predicted molar refractivity (Wildman–Crippen MR) is 233 cm³/mol. The molecule has 4 aliphatic rings. The van der Waals surface area contributed by atoms with E-state index in [0.717, 1.165) is 38.8 Å². The highest BCUT2D eigenvalue weighted by atomic mass is 35.5. The van der Waals surface area contributed by atoms with E-state index in [9.17, 15) is 19.2 Å². The van der Waals surface area contributed by atoms with Gasteiger partial charge in [-0.25, -0.2) is 9.97 Å². The molecule has 0 aliphatic carbocycles. The fraction of sp³-hybridized carbons (Fsp3) is 0.391. The van der Waals surface area contributed by atoms with Crippen LogP contribution < -0.4 is 20.4 Å². The molecule has 316 valence electrons. The Labute approximate surface area is 359 Å². The van der Waals surface area contributed by atoms with Crippen LogP contribution in [0.15, 0.2) is 77.3 Å². The first-order valence-corrected chi connectivity index (χ1v) is 21.1. The fourth-order valence-corrected chi connectivity index (χ4v) is 8.73. The number of rotatable bonds is 9. The Morgan fingerprint density at radius 3 is 1.77 bits per heavy atom.